The molecule has 1 fully saturated rings. The van der Waals surface area contributed by atoms with E-state index in [0.717, 1.165) is 67.3 Å². The topological polar surface area (TPSA) is 96.5 Å². The van der Waals surface area contributed by atoms with Gasteiger partial charge in [-0.05, 0) is 110 Å². The maximum absolute atomic E-state index is 13.8. The van der Waals surface area contributed by atoms with Crippen molar-refractivity contribution in [3.05, 3.63) is 117 Å². The van der Waals surface area contributed by atoms with Crippen LogP contribution < -0.4 is 16.0 Å². The molecule has 0 bridgehead atoms. The van der Waals surface area contributed by atoms with Gasteiger partial charge in [0.05, 0.1) is 18.2 Å². The number of anilines is 2. The Hall–Kier alpha value is -4.27. The highest BCUT2D eigenvalue weighted by Crippen LogP contribution is 2.39. The van der Waals surface area contributed by atoms with Gasteiger partial charge in [0.2, 0.25) is 0 Å². The number of rotatable bonds is 11. The Labute approximate surface area is 281 Å². The third kappa shape index (κ3) is 8.37. The largest absolute Gasteiger partial charge is 0.465 e. The van der Waals surface area contributed by atoms with Crippen LogP contribution in [0.3, 0.4) is 0 Å². The van der Waals surface area contributed by atoms with Gasteiger partial charge < -0.3 is 20.7 Å². The van der Waals surface area contributed by atoms with Gasteiger partial charge in [-0.2, -0.15) is 0 Å². The molecule has 2 amide bonds. The van der Waals surface area contributed by atoms with Crippen molar-refractivity contribution in [1.29, 1.82) is 0 Å². The monoisotopic (exact) mass is 649 g/mol. The minimum absolute atomic E-state index is 0.191. The van der Waals surface area contributed by atoms with Crippen molar-refractivity contribution in [2.75, 3.05) is 17.7 Å². The van der Waals surface area contributed by atoms with E-state index in [9.17, 15) is 14.4 Å². The Morgan fingerprint density at radius 3 is 2.17 bits per heavy atom. The minimum atomic E-state index is -0.338. The van der Waals surface area contributed by atoms with Crippen LogP contribution in [0.5, 0.6) is 0 Å². The van der Waals surface area contributed by atoms with Crippen LogP contribution in [-0.4, -0.2) is 30.9 Å². The van der Waals surface area contributed by atoms with E-state index in [4.69, 9.17) is 4.74 Å². The van der Waals surface area contributed by atoms with Crippen molar-refractivity contribution in [3.63, 3.8) is 0 Å². The number of carbonyl (C=O) groups excluding carboxylic acids is 3. The molecule has 1 aromatic heterocycles. The number of hydrogen-bond acceptors (Lipinski definition) is 6. The van der Waals surface area contributed by atoms with Crippen molar-refractivity contribution in [2.45, 2.75) is 83.2 Å². The van der Waals surface area contributed by atoms with Crippen LogP contribution in [0.4, 0.5) is 10.7 Å². The van der Waals surface area contributed by atoms with Gasteiger partial charge >= 0.3 is 5.97 Å². The van der Waals surface area contributed by atoms with Crippen LogP contribution in [0.2, 0.25) is 0 Å². The number of amides is 2. The van der Waals surface area contributed by atoms with Gasteiger partial charge in [0.25, 0.3) is 11.8 Å². The summed E-state index contributed by atoms with van der Waals surface area (Å²) in [5.74, 6) is -0.723. The molecule has 2 aliphatic rings. The SMILES string of the molecule is COC(=O)c1ccc(CCc2ccc(NC(=O)c3c(NC(=O)c4cccc(CNC5CCCCC5)c4)sc4c3CCCC4)cc2)cc1. The molecule has 0 spiro atoms. The molecule has 3 N–H and O–H groups in total. The Morgan fingerprint density at radius 1 is 0.745 bits per heavy atom. The number of nitrogens with one attached hydrogen (secondary N) is 3. The van der Waals surface area contributed by atoms with Crippen molar-refractivity contribution >= 4 is 39.8 Å². The van der Waals surface area contributed by atoms with E-state index in [0.29, 0.717) is 33.4 Å². The summed E-state index contributed by atoms with van der Waals surface area (Å²) in [4.78, 5) is 40.2. The predicted molar refractivity (Wildman–Crippen MR) is 189 cm³/mol. The van der Waals surface area contributed by atoms with Crippen LogP contribution in [0.15, 0.2) is 72.8 Å². The Morgan fingerprint density at radius 2 is 1.45 bits per heavy atom. The number of ether oxygens (including phenoxy) is 1. The number of carbonyl (C=O) groups is 3. The fourth-order valence-corrected chi connectivity index (χ4v) is 7.91. The second-order valence-electron chi connectivity index (χ2n) is 12.6. The summed E-state index contributed by atoms with van der Waals surface area (Å²) >= 11 is 1.54. The number of methoxy groups -OCH3 is 1. The van der Waals surface area contributed by atoms with Crippen LogP contribution >= 0.6 is 11.3 Å². The Kier molecular flexibility index (Phi) is 10.8. The molecule has 0 saturated heterocycles. The normalized spacial score (nSPS) is 14.7. The molecule has 6 rings (SSSR count). The molecule has 3 aromatic carbocycles. The molecule has 0 aliphatic heterocycles. The summed E-state index contributed by atoms with van der Waals surface area (Å²) in [5.41, 5.74) is 6.88. The summed E-state index contributed by atoms with van der Waals surface area (Å²) in [6, 6.07) is 23.7. The third-order valence-electron chi connectivity index (χ3n) is 9.30. The summed E-state index contributed by atoms with van der Waals surface area (Å²) in [6.45, 7) is 0.746. The van der Waals surface area contributed by atoms with Gasteiger partial charge in [-0.3, -0.25) is 9.59 Å². The second-order valence-corrected chi connectivity index (χ2v) is 13.7. The van der Waals surface area contributed by atoms with Gasteiger partial charge in [0.15, 0.2) is 0 Å². The molecule has 0 atom stereocenters. The molecule has 0 radical (unpaired) electrons. The Bertz CT molecular complexity index is 1710. The number of esters is 1. The maximum Gasteiger partial charge on any atom is 0.337 e. The molecule has 2 aliphatic carbocycles. The molecule has 47 heavy (non-hydrogen) atoms. The van der Waals surface area contributed by atoms with Crippen LogP contribution in [0.1, 0.15) is 103 Å². The molecule has 1 saturated carbocycles. The zero-order chi connectivity index (χ0) is 32.6. The maximum atomic E-state index is 13.8. The summed E-state index contributed by atoms with van der Waals surface area (Å²) in [7, 11) is 1.38. The van der Waals surface area contributed by atoms with E-state index in [1.807, 2.05) is 54.6 Å². The lowest BCUT2D eigenvalue weighted by atomic mass is 9.95. The predicted octanol–water partition coefficient (Wildman–Crippen LogP) is 8.13. The first-order chi connectivity index (χ1) is 23.0. The fraction of sp³-hybridized carbons (Fsp3) is 0.359. The minimum Gasteiger partial charge on any atom is -0.465 e. The number of hydrogen-bond donors (Lipinski definition) is 3. The average Bonchev–Trinajstić information content (AvgIpc) is 3.48. The van der Waals surface area contributed by atoms with Crippen LogP contribution in [0.25, 0.3) is 0 Å². The highest BCUT2D eigenvalue weighted by atomic mass is 32.1. The fourth-order valence-electron chi connectivity index (χ4n) is 6.62. The van der Waals surface area contributed by atoms with E-state index < -0.39 is 0 Å². The number of fused-ring (bicyclic) bond motifs is 1. The third-order valence-corrected chi connectivity index (χ3v) is 10.5. The second kappa shape index (κ2) is 15.5. The molecule has 0 unspecified atom stereocenters. The first-order valence-corrected chi connectivity index (χ1v) is 17.6. The van der Waals surface area contributed by atoms with E-state index in [2.05, 4.69) is 22.0 Å². The molecule has 7 nitrogen and oxygen atoms in total. The molecular weight excluding hydrogens is 607 g/mol. The van der Waals surface area contributed by atoms with E-state index in [-0.39, 0.29) is 17.8 Å². The lowest BCUT2D eigenvalue weighted by Crippen LogP contribution is -2.30. The summed E-state index contributed by atoms with van der Waals surface area (Å²) in [5, 5.41) is 10.5. The van der Waals surface area contributed by atoms with Gasteiger partial charge in [0, 0.05) is 28.7 Å². The van der Waals surface area contributed by atoms with E-state index in [1.165, 1.54) is 55.4 Å². The molecular formula is C39H43N3O4S. The lowest BCUT2D eigenvalue weighted by molar-refractivity contribution is 0.0600. The number of aryl methyl sites for hydroxylation is 3. The van der Waals surface area contributed by atoms with Crippen molar-refractivity contribution in [2.24, 2.45) is 0 Å². The molecule has 1 heterocycles. The van der Waals surface area contributed by atoms with Gasteiger partial charge in [-0.15, -0.1) is 11.3 Å². The van der Waals surface area contributed by atoms with E-state index >= 15 is 0 Å². The first kappa shape index (κ1) is 32.7. The Balaban J connectivity index is 1.10. The standard InChI is InChI=1S/C39H43N3O4S/c1-46-39(45)29-20-16-26(17-21-29)14-15-27-18-22-32(23-19-27)41-37(44)35-33-12-5-6-13-34(33)47-38(35)42-36(43)30-9-7-8-28(24-30)25-40-31-10-3-2-4-11-31/h7-9,16-24,31,40H,2-6,10-15,25H2,1H3,(H,41,44)(H,42,43). The van der Waals surface area contributed by atoms with Crippen molar-refractivity contribution < 1.29 is 19.1 Å². The highest BCUT2D eigenvalue weighted by molar-refractivity contribution is 7.17. The average molecular weight is 650 g/mol. The summed E-state index contributed by atoms with van der Waals surface area (Å²) in [6.07, 6.45) is 11.9. The smallest absolute Gasteiger partial charge is 0.337 e. The highest BCUT2D eigenvalue weighted by Gasteiger charge is 2.27. The van der Waals surface area contributed by atoms with Gasteiger partial charge in [-0.1, -0.05) is 55.7 Å². The molecule has 244 valence electrons. The molecule has 4 aromatic rings. The number of thiophene rings is 1. The van der Waals surface area contributed by atoms with E-state index in [1.54, 1.807) is 12.1 Å². The lowest BCUT2D eigenvalue weighted by Gasteiger charge is -2.23. The first-order valence-electron chi connectivity index (χ1n) is 16.8. The molecule has 8 heteroatoms. The quantitative estimate of drug-likeness (QED) is 0.143. The zero-order valence-corrected chi connectivity index (χ0v) is 27.8. The van der Waals surface area contributed by atoms with Crippen LogP contribution in [0, 0.1) is 0 Å². The number of benzene rings is 3. The van der Waals surface area contributed by atoms with Crippen molar-refractivity contribution in [3.8, 4) is 0 Å². The summed E-state index contributed by atoms with van der Waals surface area (Å²) < 4.78 is 4.78. The van der Waals surface area contributed by atoms with Gasteiger partial charge in [0.1, 0.15) is 5.00 Å². The van der Waals surface area contributed by atoms with Crippen molar-refractivity contribution in [1.82, 2.24) is 5.32 Å². The van der Waals surface area contributed by atoms with Gasteiger partial charge in [-0.25, -0.2) is 4.79 Å². The zero-order valence-electron chi connectivity index (χ0n) is 27.0. The van der Waals surface area contributed by atoms with Crippen LogP contribution in [-0.2, 0) is 37.0 Å².